The van der Waals surface area contributed by atoms with Crippen LogP contribution in [0.15, 0.2) is 0 Å². The molecular formula is C17H30N2. The molecule has 0 spiro atoms. The zero-order valence-corrected chi connectivity index (χ0v) is 12.8. The summed E-state index contributed by atoms with van der Waals surface area (Å²) in [5.41, 5.74) is 0.651. The quantitative estimate of drug-likeness (QED) is 0.755. The summed E-state index contributed by atoms with van der Waals surface area (Å²) < 4.78 is 0. The van der Waals surface area contributed by atoms with E-state index in [1.54, 1.807) is 38.5 Å². The molecule has 4 saturated carbocycles. The SMILES string of the molecule is CC(C)N1CCN(C23CC4CC(CC(C4)C2)C3)CC1. The lowest BCUT2D eigenvalue weighted by molar-refractivity contribution is -0.103. The minimum atomic E-state index is 0.651. The second-order valence-electron chi connectivity index (χ2n) is 8.26. The van der Waals surface area contributed by atoms with Gasteiger partial charge in [-0.25, -0.2) is 0 Å². The van der Waals surface area contributed by atoms with Crippen molar-refractivity contribution in [1.29, 1.82) is 0 Å². The van der Waals surface area contributed by atoms with E-state index in [2.05, 4.69) is 23.6 Å². The first-order valence-electron chi connectivity index (χ1n) is 8.64. The number of hydrogen-bond acceptors (Lipinski definition) is 2. The Bertz CT molecular complexity index is 306. The highest BCUT2D eigenvalue weighted by molar-refractivity contribution is 5.08. The van der Waals surface area contributed by atoms with Gasteiger partial charge in [-0.15, -0.1) is 0 Å². The molecule has 1 saturated heterocycles. The van der Waals surface area contributed by atoms with Gasteiger partial charge in [0, 0.05) is 37.8 Å². The van der Waals surface area contributed by atoms with Crippen molar-refractivity contribution >= 4 is 0 Å². The van der Waals surface area contributed by atoms with Crippen molar-refractivity contribution in [1.82, 2.24) is 9.80 Å². The summed E-state index contributed by atoms with van der Waals surface area (Å²) in [7, 11) is 0. The molecule has 0 amide bonds. The molecule has 19 heavy (non-hydrogen) atoms. The van der Waals surface area contributed by atoms with Crippen molar-refractivity contribution in [2.45, 2.75) is 64.0 Å². The molecule has 5 aliphatic rings. The fraction of sp³-hybridized carbons (Fsp3) is 1.00. The first-order valence-corrected chi connectivity index (χ1v) is 8.64. The van der Waals surface area contributed by atoms with Crippen LogP contribution < -0.4 is 0 Å². The zero-order chi connectivity index (χ0) is 13.0. The summed E-state index contributed by atoms with van der Waals surface area (Å²) in [6.07, 6.45) is 9.35. The van der Waals surface area contributed by atoms with Crippen LogP contribution in [0, 0.1) is 17.8 Å². The van der Waals surface area contributed by atoms with Crippen LogP contribution in [-0.4, -0.2) is 47.6 Å². The van der Waals surface area contributed by atoms with Gasteiger partial charge in [0.15, 0.2) is 0 Å². The highest BCUT2D eigenvalue weighted by Crippen LogP contribution is 2.57. The lowest BCUT2D eigenvalue weighted by atomic mass is 9.52. The predicted octanol–water partition coefficient (Wildman–Crippen LogP) is 2.98. The lowest BCUT2D eigenvalue weighted by Crippen LogP contribution is -2.64. The van der Waals surface area contributed by atoms with Gasteiger partial charge in [-0.2, -0.15) is 0 Å². The maximum atomic E-state index is 2.93. The molecule has 2 nitrogen and oxygen atoms in total. The molecule has 5 rings (SSSR count). The van der Waals surface area contributed by atoms with E-state index >= 15 is 0 Å². The van der Waals surface area contributed by atoms with E-state index in [1.807, 2.05) is 0 Å². The van der Waals surface area contributed by atoms with Crippen molar-refractivity contribution in [2.75, 3.05) is 26.2 Å². The van der Waals surface area contributed by atoms with Crippen molar-refractivity contribution in [3.8, 4) is 0 Å². The summed E-state index contributed by atoms with van der Waals surface area (Å²) in [5.74, 6) is 3.28. The van der Waals surface area contributed by atoms with Gasteiger partial charge in [0.05, 0.1) is 0 Å². The number of rotatable bonds is 2. The van der Waals surface area contributed by atoms with E-state index in [0.717, 1.165) is 23.8 Å². The van der Waals surface area contributed by atoms with Crippen LogP contribution in [-0.2, 0) is 0 Å². The first kappa shape index (κ1) is 12.6. The van der Waals surface area contributed by atoms with Gasteiger partial charge >= 0.3 is 0 Å². The van der Waals surface area contributed by atoms with Crippen molar-refractivity contribution in [2.24, 2.45) is 17.8 Å². The zero-order valence-electron chi connectivity index (χ0n) is 12.8. The van der Waals surface area contributed by atoms with Crippen LogP contribution in [0.2, 0.25) is 0 Å². The van der Waals surface area contributed by atoms with Crippen LogP contribution in [0.1, 0.15) is 52.4 Å². The number of hydrogen-bond donors (Lipinski definition) is 0. The van der Waals surface area contributed by atoms with Crippen molar-refractivity contribution in [3.05, 3.63) is 0 Å². The Morgan fingerprint density at radius 1 is 0.789 bits per heavy atom. The fourth-order valence-electron chi connectivity index (χ4n) is 6.16. The molecule has 1 aliphatic heterocycles. The molecular weight excluding hydrogens is 232 g/mol. The predicted molar refractivity (Wildman–Crippen MR) is 79.2 cm³/mol. The summed E-state index contributed by atoms with van der Waals surface area (Å²) >= 11 is 0. The molecule has 0 aromatic rings. The second-order valence-corrected chi connectivity index (χ2v) is 8.26. The first-order chi connectivity index (χ1) is 9.14. The average Bonchev–Trinajstić information content (AvgIpc) is 2.37. The summed E-state index contributed by atoms with van der Waals surface area (Å²) in [6.45, 7) is 9.98. The Kier molecular flexibility index (Phi) is 2.97. The minimum absolute atomic E-state index is 0.651. The number of nitrogens with zero attached hydrogens (tertiary/aromatic N) is 2. The Labute approximate surface area is 118 Å². The van der Waals surface area contributed by atoms with E-state index < -0.39 is 0 Å². The highest BCUT2D eigenvalue weighted by Gasteiger charge is 2.53. The molecule has 0 N–H and O–H groups in total. The molecule has 0 radical (unpaired) electrons. The maximum absolute atomic E-state index is 2.93. The molecule has 4 aliphatic carbocycles. The van der Waals surface area contributed by atoms with Gasteiger partial charge < -0.3 is 0 Å². The molecule has 1 heterocycles. The Morgan fingerprint density at radius 3 is 1.68 bits per heavy atom. The van der Waals surface area contributed by atoms with Crippen LogP contribution in [0.4, 0.5) is 0 Å². The summed E-state index contributed by atoms with van der Waals surface area (Å²) in [6, 6.07) is 0.735. The normalized spacial score (nSPS) is 47.2. The summed E-state index contributed by atoms with van der Waals surface area (Å²) in [5, 5.41) is 0. The summed E-state index contributed by atoms with van der Waals surface area (Å²) in [4.78, 5) is 5.59. The Balaban J connectivity index is 1.48. The van der Waals surface area contributed by atoms with Crippen molar-refractivity contribution in [3.63, 3.8) is 0 Å². The molecule has 4 bridgehead atoms. The van der Waals surface area contributed by atoms with Gasteiger partial charge in [0.2, 0.25) is 0 Å². The smallest absolute Gasteiger partial charge is 0.0218 e. The van der Waals surface area contributed by atoms with E-state index in [-0.39, 0.29) is 0 Å². The van der Waals surface area contributed by atoms with Gasteiger partial charge in [-0.1, -0.05) is 0 Å². The van der Waals surface area contributed by atoms with Gasteiger partial charge in [0.25, 0.3) is 0 Å². The third-order valence-corrected chi connectivity index (χ3v) is 6.72. The topological polar surface area (TPSA) is 6.48 Å². The largest absolute Gasteiger partial charge is 0.298 e. The van der Waals surface area contributed by atoms with Crippen molar-refractivity contribution < 1.29 is 0 Å². The third-order valence-electron chi connectivity index (χ3n) is 6.72. The monoisotopic (exact) mass is 262 g/mol. The molecule has 0 unspecified atom stereocenters. The van der Waals surface area contributed by atoms with E-state index in [9.17, 15) is 0 Å². The van der Waals surface area contributed by atoms with Crippen LogP contribution >= 0.6 is 0 Å². The molecule has 0 aromatic carbocycles. The second kappa shape index (κ2) is 4.46. The Hall–Kier alpha value is -0.0800. The average molecular weight is 262 g/mol. The Morgan fingerprint density at radius 2 is 1.26 bits per heavy atom. The van der Waals surface area contributed by atoms with Gasteiger partial charge in [-0.3, -0.25) is 9.80 Å². The molecule has 2 heteroatoms. The van der Waals surface area contributed by atoms with Gasteiger partial charge in [-0.05, 0) is 70.1 Å². The van der Waals surface area contributed by atoms with Crippen LogP contribution in [0.25, 0.3) is 0 Å². The van der Waals surface area contributed by atoms with E-state index in [0.29, 0.717) is 5.54 Å². The van der Waals surface area contributed by atoms with E-state index in [4.69, 9.17) is 0 Å². The third kappa shape index (κ3) is 2.06. The van der Waals surface area contributed by atoms with Crippen LogP contribution in [0.5, 0.6) is 0 Å². The maximum Gasteiger partial charge on any atom is 0.0218 e. The minimum Gasteiger partial charge on any atom is -0.298 e. The molecule has 108 valence electrons. The standard InChI is InChI=1S/C17H30N2/c1-13(2)18-3-5-19(6-4-18)17-10-14-7-15(11-17)9-16(8-14)12-17/h13-16H,3-12H2,1-2H3. The molecule has 5 fully saturated rings. The molecule has 0 atom stereocenters. The van der Waals surface area contributed by atoms with Gasteiger partial charge in [0.1, 0.15) is 0 Å². The molecule has 0 aromatic heterocycles. The highest BCUT2D eigenvalue weighted by atomic mass is 15.3. The lowest BCUT2D eigenvalue weighted by Gasteiger charge is -2.61. The fourth-order valence-corrected chi connectivity index (χ4v) is 6.16. The van der Waals surface area contributed by atoms with E-state index in [1.165, 1.54) is 26.2 Å². The van der Waals surface area contributed by atoms with Crippen LogP contribution in [0.3, 0.4) is 0 Å². The number of piperazine rings is 1.